The van der Waals surface area contributed by atoms with E-state index >= 15 is 0 Å². The maximum atomic E-state index is 13.8. The van der Waals surface area contributed by atoms with Crippen LogP contribution in [-0.4, -0.2) is 118 Å². The first-order chi connectivity index (χ1) is 27.9. The molecular formula is C39H44ClN7O11. The number of esters is 2. The zero-order valence-electron chi connectivity index (χ0n) is 32.3. The van der Waals surface area contributed by atoms with Crippen molar-refractivity contribution in [3.63, 3.8) is 0 Å². The summed E-state index contributed by atoms with van der Waals surface area (Å²) in [5, 5.41) is 29.1. The van der Waals surface area contributed by atoms with Gasteiger partial charge in [-0.25, -0.2) is 19.4 Å². The van der Waals surface area contributed by atoms with Crippen molar-refractivity contribution in [2.75, 3.05) is 57.3 Å². The van der Waals surface area contributed by atoms with Gasteiger partial charge in [-0.15, -0.1) is 6.42 Å². The molecular weight excluding hydrogens is 778 g/mol. The topological polar surface area (TPSA) is 218 Å². The Balaban J connectivity index is 1.27. The number of fused-ring (bicyclic) bond motifs is 1. The van der Waals surface area contributed by atoms with Crippen molar-refractivity contribution in [3.8, 4) is 23.8 Å². The second-order valence-corrected chi connectivity index (χ2v) is 13.6. The number of carbonyl (C=O) groups is 3. The highest BCUT2D eigenvalue weighted by Crippen LogP contribution is 2.40. The summed E-state index contributed by atoms with van der Waals surface area (Å²) in [5.41, 5.74) is -2.64. The number of benzene rings is 2. The van der Waals surface area contributed by atoms with E-state index in [9.17, 15) is 24.6 Å². The number of hydrogen-bond acceptors (Lipinski definition) is 15. The van der Waals surface area contributed by atoms with Gasteiger partial charge in [0, 0.05) is 43.4 Å². The van der Waals surface area contributed by atoms with Crippen LogP contribution in [-0.2, 0) is 41.5 Å². The van der Waals surface area contributed by atoms with Gasteiger partial charge in [-0.3, -0.25) is 9.47 Å². The third kappa shape index (κ3) is 8.17. The monoisotopic (exact) mass is 821 g/mol. The number of aliphatic hydroxyl groups is 2. The first-order valence-electron chi connectivity index (χ1n) is 18.4. The van der Waals surface area contributed by atoms with Crippen LogP contribution < -0.4 is 25.0 Å². The lowest BCUT2D eigenvalue weighted by Crippen LogP contribution is -2.56. The van der Waals surface area contributed by atoms with Crippen LogP contribution >= 0.6 is 11.6 Å². The molecule has 2 saturated heterocycles. The number of rotatable bonds is 16. The van der Waals surface area contributed by atoms with Crippen LogP contribution in [0, 0.1) is 12.3 Å². The van der Waals surface area contributed by atoms with E-state index in [1.165, 1.54) is 18.0 Å². The molecule has 18 nitrogen and oxygen atoms in total. The molecule has 4 atom stereocenters. The zero-order chi connectivity index (χ0) is 41.6. The van der Waals surface area contributed by atoms with Gasteiger partial charge >= 0.3 is 18.0 Å². The number of amides is 2. The maximum absolute atomic E-state index is 13.8. The molecule has 2 aliphatic heterocycles. The molecule has 308 valence electrons. The number of aliphatic hydroxyl groups excluding tert-OH is 1. The van der Waals surface area contributed by atoms with Crippen molar-refractivity contribution in [2.45, 2.75) is 62.9 Å². The molecule has 2 fully saturated rings. The summed E-state index contributed by atoms with van der Waals surface area (Å²) in [5.74, 6) is 1.49. The highest BCUT2D eigenvalue weighted by Gasteiger charge is 2.58. The van der Waals surface area contributed by atoms with Gasteiger partial charge in [0.1, 0.15) is 23.7 Å². The average molecular weight is 822 g/mol. The molecule has 0 spiro atoms. The molecule has 2 aromatic heterocycles. The first kappa shape index (κ1) is 41.9. The van der Waals surface area contributed by atoms with Gasteiger partial charge < -0.3 is 49.3 Å². The van der Waals surface area contributed by atoms with Crippen LogP contribution in [0.5, 0.6) is 11.5 Å². The molecule has 6 rings (SSSR count). The predicted octanol–water partition coefficient (Wildman–Crippen LogP) is 2.78. The summed E-state index contributed by atoms with van der Waals surface area (Å²) < 4.78 is 35.1. The maximum Gasteiger partial charge on any atom is 0.350 e. The molecule has 0 aliphatic carbocycles. The second-order valence-electron chi connectivity index (χ2n) is 13.3. The molecule has 0 bridgehead atoms. The minimum Gasteiger partial charge on any atom is -0.497 e. The molecule has 58 heavy (non-hydrogen) atoms. The van der Waals surface area contributed by atoms with E-state index in [4.69, 9.17) is 46.4 Å². The fourth-order valence-electron chi connectivity index (χ4n) is 6.76. The molecule has 4 N–H and O–H groups in total. The Kier molecular flexibility index (Phi) is 12.9. The fraction of sp³-hybridized carbons (Fsp3) is 0.436. The number of hydrogen-bond donors (Lipinski definition) is 4. The van der Waals surface area contributed by atoms with E-state index in [0.717, 1.165) is 12.0 Å². The lowest BCUT2D eigenvalue weighted by Gasteiger charge is -2.32. The van der Waals surface area contributed by atoms with E-state index in [-0.39, 0.29) is 54.5 Å². The van der Waals surface area contributed by atoms with E-state index < -0.39 is 48.2 Å². The number of nitrogens with zero attached hydrogens (tertiary/aromatic N) is 5. The molecule has 19 heteroatoms. The highest BCUT2D eigenvalue weighted by atomic mass is 35.5. The van der Waals surface area contributed by atoms with E-state index in [0.29, 0.717) is 35.8 Å². The number of anilines is 2. The van der Waals surface area contributed by atoms with E-state index in [1.807, 2.05) is 6.07 Å². The lowest BCUT2D eigenvalue weighted by atomic mass is 9.91. The summed E-state index contributed by atoms with van der Waals surface area (Å²) in [7, 11) is 3.09. The van der Waals surface area contributed by atoms with Gasteiger partial charge in [-0.2, -0.15) is 9.97 Å². The quantitative estimate of drug-likeness (QED) is 0.0553. The van der Waals surface area contributed by atoms with Crippen molar-refractivity contribution < 1.29 is 53.0 Å². The highest BCUT2D eigenvalue weighted by molar-refractivity contribution is 6.28. The molecule has 2 aromatic carbocycles. The third-order valence-electron chi connectivity index (χ3n) is 9.83. The normalized spacial score (nSPS) is 20.6. The minimum absolute atomic E-state index is 0.107. The van der Waals surface area contributed by atoms with Crippen LogP contribution in [0.2, 0.25) is 5.28 Å². The fourth-order valence-corrected chi connectivity index (χ4v) is 6.92. The Morgan fingerprint density at radius 3 is 2.48 bits per heavy atom. The Bertz CT molecular complexity index is 2160. The molecule has 0 radical (unpaired) electrons. The van der Waals surface area contributed by atoms with Crippen LogP contribution in [0.4, 0.5) is 16.3 Å². The van der Waals surface area contributed by atoms with Crippen molar-refractivity contribution >= 4 is 52.2 Å². The second kappa shape index (κ2) is 17.8. The van der Waals surface area contributed by atoms with E-state index in [1.54, 1.807) is 62.3 Å². The van der Waals surface area contributed by atoms with Gasteiger partial charge in [-0.1, -0.05) is 18.1 Å². The summed E-state index contributed by atoms with van der Waals surface area (Å²) in [4.78, 5) is 54.6. The molecule has 4 aromatic rings. The number of carbonyl (C=O) groups excluding carboxylic acids is 3. The first-order valence-corrected chi connectivity index (χ1v) is 18.8. The number of methoxy groups -OCH3 is 2. The van der Waals surface area contributed by atoms with Crippen molar-refractivity contribution in [1.29, 1.82) is 0 Å². The number of ether oxygens (including phenoxy) is 6. The number of urea groups is 1. The summed E-state index contributed by atoms with van der Waals surface area (Å²) in [6, 6.07) is 11.7. The van der Waals surface area contributed by atoms with Gasteiger partial charge in [0.05, 0.1) is 40.4 Å². The van der Waals surface area contributed by atoms with Gasteiger partial charge in [0.25, 0.3) is 5.60 Å². The van der Waals surface area contributed by atoms with Crippen LogP contribution in [0.15, 0.2) is 48.8 Å². The predicted molar refractivity (Wildman–Crippen MR) is 208 cm³/mol. The molecule has 2 aliphatic rings. The van der Waals surface area contributed by atoms with Crippen LogP contribution in [0.1, 0.15) is 37.6 Å². The standard InChI is InChI=1S/C39H44ClN7O11/c1-6-38(52)28(21-57-39(34(49)55-7-2,35(50)56-8-3)19-23-10-13-25(14-11-23)46-17-9-16-41-37(46)51)58-33(30(38)48)47-22-43-29-31(44-36(40)45-32(29)47)42-20-24-12-15-26(53-4)18-27(24)54-5/h1,10-15,18,22,28,30,33,48,52H,7-9,16-17,19-21H2,2-5H3,(H,41,51)(H,42,44,45)/t28-,30+,33-,38-/m1/s1. The molecule has 2 amide bonds. The largest absolute Gasteiger partial charge is 0.497 e. The number of imidazole rings is 1. The number of halogens is 1. The van der Waals surface area contributed by atoms with Gasteiger partial charge in [0.15, 0.2) is 28.8 Å². The summed E-state index contributed by atoms with van der Waals surface area (Å²) >= 11 is 6.36. The van der Waals surface area contributed by atoms with E-state index in [2.05, 4.69) is 31.5 Å². The lowest BCUT2D eigenvalue weighted by molar-refractivity contribution is -0.198. The smallest absolute Gasteiger partial charge is 0.350 e. The summed E-state index contributed by atoms with van der Waals surface area (Å²) in [6.07, 6.45) is 2.75. The zero-order valence-corrected chi connectivity index (χ0v) is 33.0. The van der Waals surface area contributed by atoms with Crippen molar-refractivity contribution in [3.05, 3.63) is 65.2 Å². The van der Waals surface area contributed by atoms with Crippen molar-refractivity contribution in [1.82, 2.24) is 24.8 Å². The van der Waals surface area contributed by atoms with Crippen molar-refractivity contribution in [2.24, 2.45) is 0 Å². The number of aromatic nitrogens is 4. The molecule has 0 saturated carbocycles. The van der Waals surface area contributed by atoms with Gasteiger partial charge in [-0.05, 0) is 61.7 Å². The Hall–Kier alpha value is -5.71. The van der Waals surface area contributed by atoms with Gasteiger partial charge in [0.2, 0.25) is 5.28 Å². The minimum atomic E-state index is -2.42. The number of nitrogens with one attached hydrogen (secondary N) is 2. The Labute approximate surface area is 338 Å². The van der Waals surface area contributed by atoms with Crippen LogP contribution in [0.25, 0.3) is 11.2 Å². The SMILES string of the molecule is C#C[C@@]1(O)[C@@H](COC(Cc2ccc(N3CCCNC3=O)cc2)(C(=O)OCC)C(=O)OCC)O[C@@H](n2cnc3c(NCc4ccc(OC)cc4OC)nc(Cl)nc32)[C@@H]1O. The third-order valence-corrected chi connectivity index (χ3v) is 10.00. The number of terminal acetylenes is 1. The van der Waals surface area contributed by atoms with Crippen LogP contribution in [0.3, 0.4) is 0 Å². The average Bonchev–Trinajstić information content (AvgIpc) is 3.76. The molecule has 4 heterocycles. The summed E-state index contributed by atoms with van der Waals surface area (Å²) in [6.45, 7) is 3.54. The Morgan fingerprint density at radius 1 is 1.12 bits per heavy atom. The molecule has 0 unspecified atom stereocenters. The Morgan fingerprint density at radius 2 is 1.84 bits per heavy atom.